The largest absolute Gasteiger partial charge is 0.348 e. The Morgan fingerprint density at radius 1 is 1.07 bits per heavy atom. The first-order chi connectivity index (χ1) is 14.2. The van der Waals surface area contributed by atoms with Crippen LogP contribution >= 0.6 is 0 Å². The summed E-state index contributed by atoms with van der Waals surface area (Å²) in [6, 6.07) is 14.0. The van der Waals surface area contributed by atoms with Gasteiger partial charge in [-0.1, -0.05) is 36.8 Å². The van der Waals surface area contributed by atoms with E-state index >= 15 is 0 Å². The van der Waals surface area contributed by atoms with Crippen LogP contribution < -0.4 is 15.5 Å². The van der Waals surface area contributed by atoms with E-state index in [0.717, 1.165) is 49.3 Å². The van der Waals surface area contributed by atoms with E-state index in [9.17, 15) is 9.59 Å². The fraction of sp³-hybridized carbons (Fsp3) is 0.333. The van der Waals surface area contributed by atoms with Crippen LogP contribution in [0.25, 0.3) is 11.1 Å². The lowest BCUT2D eigenvalue weighted by Gasteiger charge is -2.16. The van der Waals surface area contributed by atoms with Crippen molar-refractivity contribution < 1.29 is 9.59 Å². The number of fused-ring (bicyclic) bond motifs is 1. The van der Waals surface area contributed by atoms with Crippen LogP contribution in [0.1, 0.15) is 35.7 Å². The van der Waals surface area contributed by atoms with E-state index in [1.54, 1.807) is 0 Å². The summed E-state index contributed by atoms with van der Waals surface area (Å²) in [5, 5.41) is 6.28. The van der Waals surface area contributed by atoms with Crippen molar-refractivity contribution in [1.82, 2.24) is 10.6 Å². The van der Waals surface area contributed by atoms with Gasteiger partial charge >= 0.3 is 0 Å². The van der Waals surface area contributed by atoms with Gasteiger partial charge in [0.1, 0.15) is 0 Å². The van der Waals surface area contributed by atoms with Crippen LogP contribution in [0.3, 0.4) is 0 Å². The number of anilines is 1. The van der Waals surface area contributed by atoms with Crippen LogP contribution in [-0.2, 0) is 11.2 Å². The maximum Gasteiger partial charge on any atom is 0.251 e. The van der Waals surface area contributed by atoms with Gasteiger partial charge in [-0.05, 0) is 60.3 Å². The highest BCUT2D eigenvalue weighted by molar-refractivity contribution is 5.96. The maximum atomic E-state index is 12.4. The van der Waals surface area contributed by atoms with Crippen LogP contribution in [0.4, 0.5) is 5.69 Å². The second-order valence-corrected chi connectivity index (χ2v) is 7.57. The summed E-state index contributed by atoms with van der Waals surface area (Å²) in [6.07, 6.45) is 4.55. The Labute approximate surface area is 171 Å². The number of hydrogen-bond acceptors (Lipinski definition) is 3. The molecule has 0 aromatic heterocycles. The van der Waals surface area contributed by atoms with Gasteiger partial charge < -0.3 is 15.5 Å². The molecule has 2 heterocycles. The monoisotopic (exact) mass is 389 g/mol. The molecular weight excluding hydrogens is 362 g/mol. The van der Waals surface area contributed by atoms with Crippen molar-refractivity contribution >= 4 is 17.5 Å². The zero-order valence-corrected chi connectivity index (χ0v) is 16.8. The molecule has 29 heavy (non-hydrogen) atoms. The second-order valence-electron chi connectivity index (χ2n) is 7.57. The van der Waals surface area contributed by atoms with Crippen molar-refractivity contribution in [1.29, 1.82) is 0 Å². The molecule has 2 N–H and O–H groups in total. The Morgan fingerprint density at radius 3 is 2.59 bits per heavy atom. The normalized spacial score (nSPS) is 15.6. The lowest BCUT2D eigenvalue weighted by Crippen LogP contribution is -2.29. The molecule has 0 aliphatic carbocycles. The van der Waals surface area contributed by atoms with Gasteiger partial charge in [-0.25, -0.2) is 0 Å². The Bertz CT molecular complexity index is 947. The molecule has 5 heteroatoms. The van der Waals surface area contributed by atoms with Crippen molar-refractivity contribution in [3.63, 3.8) is 0 Å². The van der Waals surface area contributed by atoms with Gasteiger partial charge in [0.2, 0.25) is 5.91 Å². The number of amides is 2. The predicted octanol–water partition coefficient (Wildman–Crippen LogP) is 3.30. The average molecular weight is 389 g/mol. The minimum absolute atomic E-state index is 0.0429. The van der Waals surface area contributed by atoms with Gasteiger partial charge in [0.25, 0.3) is 5.91 Å². The summed E-state index contributed by atoms with van der Waals surface area (Å²) >= 11 is 0. The number of rotatable bonds is 5. The molecule has 0 saturated heterocycles. The Hall–Kier alpha value is -2.92. The topological polar surface area (TPSA) is 61.4 Å². The minimum atomic E-state index is -0.0429. The van der Waals surface area contributed by atoms with E-state index in [1.807, 2.05) is 42.2 Å². The van der Waals surface area contributed by atoms with Crippen LogP contribution in [0, 0.1) is 0 Å². The van der Waals surface area contributed by atoms with Crippen LogP contribution in [0.5, 0.6) is 0 Å². The zero-order valence-electron chi connectivity index (χ0n) is 16.8. The average Bonchev–Trinajstić information content (AvgIpc) is 3.21. The van der Waals surface area contributed by atoms with Crippen LogP contribution in [-0.4, -0.2) is 38.0 Å². The third-order valence-corrected chi connectivity index (χ3v) is 5.69. The number of carbonyl (C=O) groups excluding carboxylic acids is 2. The number of benzene rings is 2. The van der Waals surface area contributed by atoms with E-state index in [2.05, 4.69) is 28.8 Å². The maximum absolute atomic E-state index is 12.4. The summed E-state index contributed by atoms with van der Waals surface area (Å²) in [7, 11) is 0. The number of hydrogen-bond donors (Lipinski definition) is 2. The third kappa shape index (κ3) is 4.25. The highest BCUT2D eigenvalue weighted by Crippen LogP contribution is 2.32. The van der Waals surface area contributed by atoms with Gasteiger partial charge in [0, 0.05) is 37.3 Å². The number of carbonyl (C=O) groups is 2. The molecule has 150 valence electrons. The number of nitrogens with one attached hydrogen (secondary N) is 2. The Balaban J connectivity index is 1.43. The highest BCUT2D eigenvalue weighted by atomic mass is 16.2. The molecule has 0 atom stereocenters. The molecule has 2 amide bonds. The molecule has 0 saturated carbocycles. The molecule has 0 bridgehead atoms. The van der Waals surface area contributed by atoms with E-state index < -0.39 is 0 Å². The zero-order chi connectivity index (χ0) is 20.2. The van der Waals surface area contributed by atoms with Crippen molar-refractivity contribution in [2.45, 2.75) is 26.2 Å². The molecule has 4 rings (SSSR count). The molecule has 0 radical (unpaired) electrons. The molecule has 0 fully saturated rings. The first kappa shape index (κ1) is 19.4. The highest BCUT2D eigenvalue weighted by Gasteiger charge is 2.23. The smallest absolute Gasteiger partial charge is 0.251 e. The quantitative estimate of drug-likeness (QED) is 0.772. The molecule has 2 aliphatic rings. The van der Waals surface area contributed by atoms with Crippen molar-refractivity contribution in [3.8, 4) is 11.1 Å². The fourth-order valence-corrected chi connectivity index (χ4v) is 3.97. The van der Waals surface area contributed by atoms with Gasteiger partial charge in [0.05, 0.1) is 0 Å². The summed E-state index contributed by atoms with van der Waals surface area (Å²) in [4.78, 5) is 26.4. The van der Waals surface area contributed by atoms with Gasteiger partial charge in [-0.2, -0.15) is 0 Å². The van der Waals surface area contributed by atoms with Gasteiger partial charge in [-0.3, -0.25) is 9.59 Å². The van der Waals surface area contributed by atoms with E-state index in [1.165, 1.54) is 11.1 Å². The first-order valence-corrected chi connectivity index (χ1v) is 10.4. The van der Waals surface area contributed by atoms with Gasteiger partial charge in [0.15, 0.2) is 0 Å². The summed E-state index contributed by atoms with van der Waals surface area (Å²) in [5.41, 5.74) is 6.38. The van der Waals surface area contributed by atoms with E-state index in [0.29, 0.717) is 18.5 Å². The van der Waals surface area contributed by atoms with Crippen LogP contribution in [0.15, 0.2) is 54.1 Å². The molecule has 0 spiro atoms. The van der Waals surface area contributed by atoms with E-state index in [-0.39, 0.29) is 11.8 Å². The minimum Gasteiger partial charge on any atom is -0.348 e. The second kappa shape index (κ2) is 8.62. The molecule has 2 aromatic carbocycles. The fourth-order valence-electron chi connectivity index (χ4n) is 3.97. The predicted molar refractivity (Wildman–Crippen MR) is 116 cm³/mol. The Kier molecular flexibility index (Phi) is 5.76. The van der Waals surface area contributed by atoms with Crippen molar-refractivity contribution in [2.24, 2.45) is 0 Å². The standard InChI is InChI=1S/C24H27N3O2/c1-2-23(28)27-14-11-21-15-20(7-8-22(21)27)18-3-5-19(6-4-18)24(29)26-16-17-9-12-25-13-10-17/h3-9,15,25H,2,10-14,16H2,1H3,(H,26,29). The summed E-state index contributed by atoms with van der Waals surface area (Å²) < 4.78 is 0. The lowest BCUT2D eigenvalue weighted by atomic mass is 10.0. The van der Waals surface area contributed by atoms with Crippen molar-refractivity contribution in [3.05, 3.63) is 65.2 Å². The van der Waals surface area contributed by atoms with Crippen molar-refractivity contribution in [2.75, 3.05) is 31.1 Å². The molecule has 0 unspecified atom stereocenters. The third-order valence-electron chi connectivity index (χ3n) is 5.69. The molecular formula is C24H27N3O2. The summed E-state index contributed by atoms with van der Waals surface area (Å²) in [5.74, 6) is 0.130. The Morgan fingerprint density at radius 2 is 1.86 bits per heavy atom. The molecule has 2 aromatic rings. The molecule has 5 nitrogen and oxygen atoms in total. The SMILES string of the molecule is CCC(=O)N1CCc2cc(-c3ccc(C(=O)NCC4=CCNCC4)cc3)ccc21. The number of nitrogens with zero attached hydrogens (tertiary/aromatic N) is 1. The molecule has 2 aliphatic heterocycles. The first-order valence-electron chi connectivity index (χ1n) is 10.4. The van der Waals surface area contributed by atoms with Gasteiger partial charge in [-0.15, -0.1) is 0 Å². The lowest BCUT2D eigenvalue weighted by molar-refractivity contribution is -0.118. The summed E-state index contributed by atoms with van der Waals surface area (Å²) in [6.45, 7) is 5.12. The van der Waals surface area contributed by atoms with E-state index in [4.69, 9.17) is 0 Å². The van der Waals surface area contributed by atoms with Crippen LogP contribution in [0.2, 0.25) is 0 Å².